The molecule has 0 aliphatic rings. The number of aliphatic carboxylic acids is 1. The van der Waals surface area contributed by atoms with Crippen molar-refractivity contribution in [2.45, 2.75) is 52.1 Å². The second-order valence-electron chi connectivity index (χ2n) is 7.13. The molecule has 0 aliphatic heterocycles. The molecule has 0 saturated carbocycles. The molecule has 2 rings (SSSR count). The maximum Gasteiger partial charge on any atom is 0.306 e. The van der Waals surface area contributed by atoms with E-state index in [2.05, 4.69) is 72.5 Å². The van der Waals surface area contributed by atoms with Crippen LogP contribution >= 0.6 is 0 Å². The highest BCUT2D eigenvalue weighted by Gasteiger charge is 2.16. The fourth-order valence-corrected chi connectivity index (χ4v) is 3.24. The molecule has 26 heavy (non-hydrogen) atoms. The van der Waals surface area contributed by atoms with Gasteiger partial charge in [-0.2, -0.15) is 0 Å². The monoisotopic (exact) mass is 353 g/mol. The van der Waals surface area contributed by atoms with Gasteiger partial charge in [0.1, 0.15) is 0 Å². The van der Waals surface area contributed by atoms with E-state index in [-0.39, 0.29) is 5.92 Å². The van der Waals surface area contributed by atoms with Gasteiger partial charge in [0.2, 0.25) is 0 Å². The zero-order valence-electron chi connectivity index (χ0n) is 16.0. The van der Waals surface area contributed by atoms with Gasteiger partial charge in [-0.15, -0.1) is 0 Å². The van der Waals surface area contributed by atoms with Crippen molar-refractivity contribution < 1.29 is 9.90 Å². The van der Waals surface area contributed by atoms with Crippen LogP contribution in [-0.4, -0.2) is 22.5 Å². The Balaban J connectivity index is 1.91. The van der Waals surface area contributed by atoms with E-state index < -0.39 is 5.97 Å². The lowest BCUT2D eigenvalue weighted by molar-refractivity contribution is -0.141. The molecule has 0 saturated heterocycles. The van der Waals surface area contributed by atoms with Crippen molar-refractivity contribution in [3.63, 3.8) is 0 Å². The molecule has 2 aromatic rings. The molecule has 2 atom stereocenters. The summed E-state index contributed by atoms with van der Waals surface area (Å²) in [6.45, 7) is 6.02. The maximum absolute atomic E-state index is 10.9. The van der Waals surface area contributed by atoms with E-state index in [0.29, 0.717) is 6.04 Å². The first kappa shape index (κ1) is 20.2. The van der Waals surface area contributed by atoms with Crippen molar-refractivity contribution in [1.82, 2.24) is 4.90 Å². The van der Waals surface area contributed by atoms with Crippen LogP contribution in [0.15, 0.2) is 60.7 Å². The average molecular weight is 354 g/mol. The molecule has 0 unspecified atom stereocenters. The molecule has 1 N–H and O–H groups in total. The van der Waals surface area contributed by atoms with Gasteiger partial charge in [0, 0.05) is 12.6 Å². The second-order valence-corrected chi connectivity index (χ2v) is 7.13. The average Bonchev–Trinajstić information content (AvgIpc) is 2.67. The van der Waals surface area contributed by atoms with E-state index >= 15 is 0 Å². The van der Waals surface area contributed by atoms with Crippen molar-refractivity contribution in [2.75, 3.05) is 6.54 Å². The number of benzene rings is 2. The number of rotatable bonds is 11. The minimum atomic E-state index is -0.687. The lowest BCUT2D eigenvalue weighted by Gasteiger charge is -2.29. The topological polar surface area (TPSA) is 40.5 Å². The summed E-state index contributed by atoms with van der Waals surface area (Å²) in [6.07, 6.45) is 3.91. The molecule has 0 bridgehead atoms. The molecule has 2 aromatic carbocycles. The van der Waals surface area contributed by atoms with E-state index in [0.717, 1.165) is 38.8 Å². The lowest BCUT2D eigenvalue weighted by atomic mass is 10.0. The number of hydrogen-bond donors (Lipinski definition) is 1. The fraction of sp³-hybridized carbons (Fsp3) is 0.435. The van der Waals surface area contributed by atoms with Gasteiger partial charge >= 0.3 is 5.97 Å². The molecule has 0 aromatic heterocycles. The fourth-order valence-electron chi connectivity index (χ4n) is 3.24. The largest absolute Gasteiger partial charge is 0.481 e. The molecule has 0 spiro atoms. The van der Waals surface area contributed by atoms with Gasteiger partial charge in [-0.05, 0) is 37.4 Å². The lowest BCUT2D eigenvalue weighted by Crippen LogP contribution is -2.27. The highest BCUT2D eigenvalue weighted by Crippen LogP contribution is 2.23. The van der Waals surface area contributed by atoms with Crippen LogP contribution in [0.25, 0.3) is 0 Å². The molecular weight excluding hydrogens is 322 g/mol. The van der Waals surface area contributed by atoms with E-state index in [9.17, 15) is 4.79 Å². The Bertz CT molecular complexity index is 642. The number of carboxylic acids is 1. The molecule has 0 fully saturated rings. The zero-order chi connectivity index (χ0) is 18.8. The normalized spacial score (nSPS) is 13.5. The summed E-state index contributed by atoms with van der Waals surface area (Å²) in [6, 6.07) is 21.6. The third-order valence-electron chi connectivity index (χ3n) is 5.06. The first-order valence-corrected chi connectivity index (χ1v) is 9.63. The predicted molar refractivity (Wildman–Crippen MR) is 107 cm³/mol. The van der Waals surface area contributed by atoms with E-state index in [4.69, 9.17) is 5.11 Å². The van der Waals surface area contributed by atoms with Gasteiger partial charge in [0.15, 0.2) is 0 Å². The molecule has 140 valence electrons. The summed E-state index contributed by atoms with van der Waals surface area (Å²) in [5.74, 6) is -0.924. The van der Waals surface area contributed by atoms with Crippen LogP contribution in [0, 0.1) is 5.92 Å². The third kappa shape index (κ3) is 6.64. The molecule has 0 amide bonds. The summed E-state index contributed by atoms with van der Waals surface area (Å²) in [7, 11) is 0. The van der Waals surface area contributed by atoms with Gasteiger partial charge in [-0.25, -0.2) is 0 Å². The molecule has 0 heterocycles. The number of nitrogens with zero attached hydrogens (tertiary/aromatic N) is 1. The Hall–Kier alpha value is -2.13. The summed E-state index contributed by atoms with van der Waals surface area (Å²) >= 11 is 0. The standard InChI is InChI=1S/C23H31NO2/c1-19(23(25)26)12-6-5-11-17-24(18-21-13-7-3-8-14-21)20(2)22-15-9-4-10-16-22/h3-4,7-10,13-16,19-20H,5-6,11-12,17-18H2,1-2H3,(H,25,26)/t19-,20+/m0/s1. The van der Waals surface area contributed by atoms with Crippen LogP contribution in [0.4, 0.5) is 0 Å². The van der Waals surface area contributed by atoms with Gasteiger partial charge in [-0.1, -0.05) is 80.4 Å². The number of carbonyl (C=O) groups is 1. The van der Waals surface area contributed by atoms with Crippen molar-refractivity contribution in [3.05, 3.63) is 71.8 Å². The predicted octanol–water partition coefficient (Wildman–Crippen LogP) is 5.53. The Morgan fingerprint density at radius 3 is 2.15 bits per heavy atom. The molecular formula is C23H31NO2. The number of carboxylic acid groups (broad SMARTS) is 1. The molecule has 3 heteroatoms. The summed E-state index contributed by atoms with van der Waals surface area (Å²) < 4.78 is 0. The Kier molecular flexibility index (Phi) is 8.36. The van der Waals surface area contributed by atoms with Crippen molar-refractivity contribution in [2.24, 2.45) is 5.92 Å². The Morgan fingerprint density at radius 1 is 0.923 bits per heavy atom. The van der Waals surface area contributed by atoms with Gasteiger partial charge in [-0.3, -0.25) is 9.69 Å². The van der Waals surface area contributed by atoms with Crippen molar-refractivity contribution in [3.8, 4) is 0 Å². The smallest absolute Gasteiger partial charge is 0.306 e. The summed E-state index contributed by atoms with van der Waals surface area (Å²) in [5.41, 5.74) is 2.66. The van der Waals surface area contributed by atoms with E-state index in [1.165, 1.54) is 11.1 Å². The van der Waals surface area contributed by atoms with E-state index in [1.807, 2.05) is 0 Å². The Labute approximate surface area is 157 Å². The van der Waals surface area contributed by atoms with Gasteiger partial charge in [0.25, 0.3) is 0 Å². The summed E-state index contributed by atoms with van der Waals surface area (Å²) in [4.78, 5) is 13.4. The second kappa shape index (κ2) is 10.8. The molecule has 3 nitrogen and oxygen atoms in total. The minimum absolute atomic E-state index is 0.237. The van der Waals surface area contributed by atoms with Crippen LogP contribution in [-0.2, 0) is 11.3 Å². The maximum atomic E-state index is 10.9. The van der Waals surface area contributed by atoms with E-state index in [1.54, 1.807) is 6.92 Å². The number of hydrogen-bond acceptors (Lipinski definition) is 2. The zero-order valence-corrected chi connectivity index (χ0v) is 16.0. The van der Waals surface area contributed by atoms with Crippen LogP contribution in [0.5, 0.6) is 0 Å². The highest BCUT2D eigenvalue weighted by molar-refractivity contribution is 5.69. The highest BCUT2D eigenvalue weighted by atomic mass is 16.4. The van der Waals surface area contributed by atoms with Crippen LogP contribution in [0.3, 0.4) is 0 Å². The quantitative estimate of drug-likeness (QED) is 0.540. The van der Waals surface area contributed by atoms with Crippen LogP contribution < -0.4 is 0 Å². The van der Waals surface area contributed by atoms with Crippen LogP contribution in [0.1, 0.15) is 56.7 Å². The van der Waals surface area contributed by atoms with Crippen molar-refractivity contribution >= 4 is 5.97 Å². The number of unbranched alkanes of at least 4 members (excludes halogenated alkanes) is 2. The van der Waals surface area contributed by atoms with Gasteiger partial charge < -0.3 is 5.11 Å². The summed E-state index contributed by atoms with van der Waals surface area (Å²) in [5, 5.41) is 8.98. The van der Waals surface area contributed by atoms with Crippen molar-refractivity contribution in [1.29, 1.82) is 0 Å². The molecule has 0 radical (unpaired) electrons. The molecule has 0 aliphatic carbocycles. The van der Waals surface area contributed by atoms with Gasteiger partial charge in [0.05, 0.1) is 5.92 Å². The first-order chi connectivity index (χ1) is 12.6. The third-order valence-corrected chi connectivity index (χ3v) is 5.06. The Morgan fingerprint density at radius 2 is 1.54 bits per heavy atom. The van der Waals surface area contributed by atoms with Crippen LogP contribution in [0.2, 0.25) is 0 Å². The SMILES string of the molecule is C[C@H](c1ccccc1)N(CCCCC[C@H](C)C(=O)O)Cc1ccccc1. The first-order valence-electron chi connectivity index (χ1n) is 9.63. The minimum Gasteiger partial charge on any atom is -0.481 e.